The molecule has 106 valence electrons. The average molecular weight is 266 g/mol. The second kappa shape index (κ2) is 6.87. The SMILES string of the molecule is CCN(CCCO)c1ccc(F)cc1CNC1CC1. The number of rotatable bonds is 8. The molecular weight excluding hydrogens is 243 g/mol. The molecule has 1 saturated carbocycles. The highest BCUT2D eigenvalue weighted by Crippen LogP contribution is 2.24. The number of halogens is 1. The van der Waals surface area contributed by atoms with Crippen LogP contribution in [0.3, 0.4) is 0 Å². The third-order valence-corrected chi connectivity index (χ3v) is 3.51. The molecule has 1 fully saturated rings. The summed E-state index contributed by atoms with van der Waals surface area (Å²) in [5.74, 6) is -0.186. The Balaban J connectivity index is 2.10. The number of nitrogens with zero attached hydrogens (tertiary/aromatic N) is 1. The van der Waals surface area contributed by atoms with Crippen LogP contribution < -0.4 is 10.2 Å². The lowest BCUT2D eigenvalue weighted by molar-refractivity contribution is 0.289. The Kier molecular flexibility index (Phi) is 5.16. The van der Waals surface area contributed by atoms with Gasteiger partial charge in [-0.1, -0.05) is 0 Å². The van der Waals surface area contributed by atoms with Gasteiger partial charge in [0.15, 0.2) is 0 Å². The van der Waals surface area contributed by atoms with Gasteiger partial charge in [-0.05, 0) is 49.9 Å². The molecule has 0 saturated heterocycles. The van der Waals surface area contributed by atoms with E-state index in [2.05, 4.69) is 17.1 Å². The first-order valence-electron chi connectivity index (χ1n) is 7.12. The fourth-order valence-electron chi connectivity index (χ4n) is 2.26. The summed E-state index contributed by atoms with van der Waals surface area (Å²) in [7, 11) is 0. The summed E-state index contributed by atoms with van der Waals surface area (Å²) in [6.45, 7) is 4.65. The van der Waals surface area contributed by atoms with Gasteiger partial charge in [-0.15, -0.1) is 0 Å². The first kappa shape index (κ1) is 14.3. The molecule has 3 nitrogen and oxygen atoms in total. The Morgan fingerprint density at radius 1 is 1.42 bits per heavy atom. The maximum atomic E-state index is 13.4. The average Bonchev–Trinajstić information content (AvgIpc) is 3.23. The van der Waals surface area contributed by atoms with E-state index in [-0.39, 0.29) is 12.4 Å². The number of hydrogen-bond donors (Lipinski definition) is 2. The van der Waals surface area contributed by atoms with Crippen LogP contribution in [0.2, 0.25) is 0 Å². The molecule has 0 atom stereocenters. The lowest BCUT2D eigenvalue weighted by Gasteiger charge is -2.25. The molecule has 0 radical (unpaired) electrons. The molecule has 1 aliphatic rings. The second-order valence-corrected chi connectivity index (χ2v) is 5.09. The Bertz CT molecular complexity index is 407. The Morgan fingerprint density at radius 3 is 2.84 bits per heavy atom. The number of hydrogen-bond acceptors (Lipinski definition) is 3. The number of nitrogens with one attached hydrogen (secondary N) is 1. The summed E-state index contributed by atoms with van der Waals surface area (Å²) >= 11 is 0. The van der Waals surface area contributed by atoms with Crippen molar-refractivity contribution in [3.05, 3.63) is 29.6 Å². The fourth-order valence-corrected chi connectivity index (χ4v) is 2.26. The highest BCUT2D eigenvalue weighted by Gasteiger charge is 2.21. The van der Waals surface area contributed by atoms with Gasteiger partial charge in [0.1, 0.15) is 5.82 Å². The number of aliphatic hydroxyl groups is 1. The monoisotopic (exact) mass is 266 g/mol. The molecule has 19 heavy (non-hydrogen) atoms. The van der Waals surface area contributed by atoms with Crippen LogP contribution in [0, 0.1) is 5.82 Å². The van der Waals surface area contributed by atoms with E-state index in [9.17, 15) is 4.39 Å². The number of anilines is 1. The van der Waals surface area contributed by atoms with Crippen molar-refractivity contribution in [2.75, 3.05) is 24.6 Å². The van der Waals surface area contributed by atoms with Crippen LogP contribution in [-0.4, -0.2) is 30.8 Å². The maximum absolute atomic E-state index is 13.4. The lowest BCUT2D eigenvalue weighted by atomic mass is 10.1. The van der Waals surface area contributed by atoms with Crippen LogP contribution in [0.5, 0.6) is 0 Å². The minimum Gasteiger partial charge on any atom is -0.396 e. The van der Waals surface area contributed by atoms with Gasteiger partial charge in [-0.25, -0.2) is 4.39 Å². The zero-order valence-electron chi connectivity index (χ0n) is 11.5. The lowest BCUT2D eigenvalue weighted by Crippen LogP contribution is -2.27. The van der Waals surface area contributed by atoms with Crippen molar-refractivity contribution in [1.82, 2.24) is 5.32 Å². The van der Waals surface area contributed by atoms with Crippen molar-refractivity contribution < 1.29 is 9.50 Å². The Hall–Kier alpha value is -1.13. The van der Waals surface area contributed by atoms with E-state index in [0.29, 0.717) is 12.6 Å². The smallest absolute Gasteiger partial charge is 0.123 e. The molecule has 4 heteroatoms. The highest BCUT2D eigenvalue weighted by atomic mass is 19.1. The molecule has 1 aromatic rings. The molecule has 2 N–H and O–H groups in total. The Labute approximate surface area is 114 Å². The largest absolute Gasteiger partial charge is 0.396 e. The van der Waals surface area contributed by atoms with E-state index < -0.39 is 0 Å². The summed E-state index contributed by atoms with van der Waals surface area (Å²) in [4.78, 5) is 2.19. The van der Waals surface area contributed by atoms with Gasteiger partial charge in [0.25, 0.3) is 0 Å². The second-order valence-electron chi connectivity index (χ2n) is 5.09. The highest BCUT2D eigenvalue weighted by molar-refractivity contribution is 5.53. The van der Waals surface area contributed by atoms with Crippen molar-refractivity contribution in [2.45, 2.75) is 38.8 Å². The van der Waals surface area contributed by atoms with Gasteiger partial charge >= 0.3 is 0 Å². The fraction of sp³-hybridized carbons (Fsp3) is 0.600. The summed E-state index contributed by atoms with van der Waals surface area (Å²) < 4.78 is 13.4. The van der Waals surface area contributed by atoms with Gasteiger partial charge in [-0.3, -0.25) is 0 Å². The molecule has 0 spiro atoms. The van der Waals surface area contributed by atoms with E-state index in [4.69, 9.17) is 5.11 Å². The van der Waals surface area contributed by atoms with Gasteiger partial charge in [0.2, 0.25) is 0 Å². The summed E-state index contributed by atoms with van der Waals surface area (Å²) in [6, 6.07) is 5.59. The number of aliphatic hydroxyl groups excluding tert-OH is 1. The Morgan fingerprint density at radius 2 is 2.21 bits per heavy atom. The molecule has 0 heterocycles. The minimum absolute atomic E-state index is 0.186. The molecule has 0 bridgehead atoms. The van der Waals surface area contributed by atoms with Gasteiger partial charge in [0, 0.05) is 38.0 Å². The van der Waals surface area contributed by atoms with Crippen LogP contribution in [0.4, 0.5) is 10.1 Å². The van der Waals surface area contributed by atoms with E-state index in [1.54, 1.807) is 6.07 Å². The summed E-state index contributed by atoms with van der Waals surface area (Å²) in [6.07, 6.45) is 3.19. The van der Waals surface area contributed by atoms with E-state index >= 15 is 0 Å². The molecule has 2 rings (SSSR count). The number of benzene rings is 1. The summed E-state index contributed by atoms with van der Waals surface area (Å²) in [5.41, 5.74) is 2.08. The quantitative estimate of drug-likeness (QED) is 0.758. The molecule has 0 amide bonds. The van der Waals surface area contributed by atoms with Gasteiger partial charge < -0.3 is 15.3 Å². The normalized spacial score (nSPS) is 14.7. The first-order valence-corrected chi connectivity index (χ1v) is 7.12. The first-order chi connectivity index (χ1) is 9.24. The van der Waals surface area contributed by atoms with Crippen LogP contribution in [-0.2, 0) is 6.54 Å². The predicted octanol–water partition coefficient (Wildman–Crippen LogP) is 2.29. The van der Waals surface area contributed by atoms with Crippen molar-refractivity contribution in [3.8, 4) is 0 Å². The standard InChI is InChI=1S/C15H23FN2O/c1-2-18(8-3-9-19)15-7-4-13(16)10-12(15)11-17-14-5-6-14/h4,7,10,14,17,19H,2-3,5-6,8-9,11H2,1H3. The maximum Gasteiger partial charge on any atom is 0.123 e. The third-order valence-electron chi connectivity index (χ3n) is 3.51. The molecule has 0 aromatic heterocycles. The van der Waals surface area contributed by atoms with Crippen molar-refractivity contribution in [2.24, 2.45) is 0 Å². The molecular formula is C15H23FN2O. The van der Waals surface area contributed by atoms with Crippen LogP contribution >= 0.6 is 0 Å². The molecule has 0 unspecified atom stereocenters. The molecule has 1 aromatic carbocycles. The zero-order chi connectivity index (χ0) is 13.7. The van der Waals surface area contributed by atoms with Crippen molar-refractivity contribution in [3.63, 3.8) is 0 Å². The van der Waals surface area contributed by atoms with Crippen LogP contribution in [0.1, 0.15) is 31.7 Å². The van der Waals surface area contributed by atoms with Crippen LogP contribution in [0.25, 0.3) is 0 Å². The minimum atomic E-state index is -0.186. The molecule has 1 aliphatic carbocycles. The van der Waals surface area contributed by atoms with Crippen molar-refractivity contribution in [1.29, 1.82) is 0 Å². The third kappa shape index (κ3) is 4.18. The van der Waals surface area contributed by atoms with E-state index in [1.807, 2.05) is 6.07 Å². The van der Waals surface area contributed by atoms with E-state index in [1.165, 1.54) is 18.9 Å². The van der Waals surface area contributed by atoms with Gasteiger partial charge in [-0.2, -0.15) is 0 Å². The molecule has 0 aliphatic heterocycles. The summed E-state index contributed by atoms with van der Waals surface area (Å²) in [5, 5.41) is 12.4. The zero-order valence-corrected chi connectivity index (χ0v) is 11.5. The topological polar surface area (TPSA) is 35.5 Å². The van der Waals surface area contributed by atoms with E-state index in [0.717, 1.165) is 30.8 Å². The van der Waals surface area contributed by atoms with Crippen molar-refractivity contribution >= 4 is 5.69 Å². The van der Waals surface area contributed by atoms with Crippen LogP contribution in [0.15, 0.2) is 18.2 Å². The van der Waals surface area contributed by atoms with Gasteiger partial charge in [0.05, 0.1) is 0 Å². The predicted molar refractivity (Wildman–Crippen MR) is 75.9 cm³/mol.